The molecule has 1 unspecified atom stereocenters. The van der Waals surface area contributed by atoms with Gasteiger partial charge in [0.15, 0.2) is 9.84 Å². The van der Waals surface area contributed by atoms with Crippen molar-refractivity contribution in [2.24, 2.45) is 11.1 Å². The molecule has 0 bridgehead atoms. The van der Waals surface area contributed by atoms with Crippen molar-refractivity contribution in [2.45, 2.75) is 38.6 Å². The van der Waals surface area contributed by atoms with Crippen LogP contribution in [0.4, 0.5) is 0 Å². The molecule has 5 nitrogen and oxygen atoms in total. The molecule has 1 atom stereocenters. The van der Waals surface area contributed by atoms with Gasteiger partial charge in [0, 0.05) is 12.6 Å². The molecule has 2 N–H and O–H groups in total. The summed E-state index contributed by atoms with van der Waals surface area (Å²) in [7, 11) is -3.02. The lowest BCUT2D eigenvalue weighted by atomic mass is 9.84. The van der Waals surface area contributed by atoms with Crippen LogP contribution in [0.15, 0.2) is 0 Å². The predicted octanol–water partition coefficient (Wildman–Crippen LogP) is 0.478. The number of rotatable bonds is 2. The third-order valence-corrected chi connectivity index (χ3v) is 6.45. The van der Waals surface area contributed by atoms with Crippen LogP contribution in [0.1, 0.15) is 32.6 Å². The first kappa shape index (κ1) is 14.7. The van der Waals surface area contributed by atoms with Crippen LogP contribution < -0.4 is 5.73 Å². The van der Waals surface area contributed by atoms with Crippen LogP contribution in [0, 0.1) is 5.41 Å². The fourth-order valence-corrected chi connectivity index (χ4v) is 4.97. The molecule has 19 heavy (non-hydrogen) atoms. The highest BCUT2D eigenvalue weighted by atomic mass is 32.2. The third-order valence-electron chi connectivity index (χ3n) is 4.27. The minimum absolute atomic E-state index is 0.0339. The van der Waals surface area contributed by atoms with E-state index in [2.05, 4.69) is 0 Å². The highest BCUT2D eigenvalue weighted by Gasteiger charge is 2.48. The van der Waals surface area contributed by atoms with Gasteiger partial charge < -0.3 is 10.6 Å². The Hall–Kier alpha value is -0.690. The number of sulfone groups is 1. The Kier molecular flexibility index (Phi) is 3.88. The van der Waals surface area contributed by atoms with Gasteiger partial charge in [0.1, 0.15) is 0 Å². The Morgan fingerprint density at radius 3 is 2.42 bits per heavy atom. The first-order valence-electron chi connectivity index (χ1n) is 6.60. The maximum absolute atomic E-state index is 12.7. The van der Waals surface area contributed by atoms with E-state index in [0.717, 1.165) is 12.8 Å². The van der Waals surface area contributed by atoms with E-state index in [0.29, 0.717) is 12.8 Å². The highest BCUT2D eigenvalue weighted by molar-refractivity contribution is 7.91. The Morgan fingerprint density at radius 2 is 1.95 bits per heavy atom. The third kappa shape index (κ3) is 2.63. The van der Waals surface area contributed by atoms with E-state index in [1.54, 1.807) is 11.8 Å². The van der Waals surface area contributed by atoms with E-state index in [9.17, 15) is 13.2 Å². The van der Waals surface area contributed by atoms with Crippen molar-refractivity contribution in [1.29, 1.82) is 0 Å². The smallest absolute Gasteiger partial charge is 0.235 e. The quantitative estimate of drug-likeness (QED) is 0.751. The molecular formula is C12H20N2O3S2. The van der Waals surface area contributed by atoms with E-state index >= 15 is 0 Å². The van der Waals surface area contributed by atoms with Gasteiger partial charge in [-0.25, -0.2) is 8.42 Å². The van der Waals surface area contributed by atoms with Crippen LogP contribution in [0.3, 0.4) is 0 Å². The van der Waals surface area contributed by atoms with E-state index < -0.39 is 15.3 Å². The monoisotopic (exact) mass is 304 g/mol. The van der Waals surface area contributed by atoms with Crippen molar-refractivity contribution in [2.75, 3.05) is 18.1 Å². The van der Waals surface area contributed by atoms with E-state index in [-0.39, 0.29) is 35.0 Å². The number of hydrogen-bond acceptors (Lipinski definition) is 4. The van der Waals surface area contributed by atoms with Crippen molar-refractivity contribution in [1.82, 2.24) is 4.90 Å². The Morgan fingerprint density at radius 1 is 1.37 bits per heavy atom. The topological polar surface area (TPSA) is 80.5 Å². The molecule has 1 aliphatic heterocycles. The number of hydrogen-bond donors (Lipinski definition) is 1. The Labute approximate surface area is 119 Å². The van der Waals surface area contributed by atoms with Gasteiger partial charge in [0.05, 0.1) is 21.9 Å². The lowest BCUT2D eigenvalue weighted by Crippen LogP contribution is -2.56. The highest BCUT2D eigenvalue weighted by Crippen LogP contribution is 2.40. The van der Waals surface area contributed by atoms with Crippen molar-refractivity contribution in [3.05, 3.63) is 0 Å². The molecule has 0 aromatic heterocycles. The molecule has 2 fully saturated rings. The summed E-state index contributed by atoms with van der Waals surface area (Å²) in [5.41, 5.74) is 5.07. The molecule has 1 saturated heterocycles. The molecule has 2 aliphatic rings. The summed E-state index contributed by atoms with van der Waals surface area (Å²) in [5.74, 6) is 0.00253. The van der Waals surface area contributed by atoms with Crippen molar-refractivity contribution in [3.8, 4) is 0 Å². The van der Waals surface area contributed by atoms with E-state index in [1.807, 2.05) is 0 Å². The second kappa shape index (κ2) is 5.01. The van der Waals surface area contributed by atoms with Gasteiger partial charge in [-0.1, -0.05) is 25.1 Å². The second-order valence-corrected chi connectivity index (χ2v) is 8.28. The van der Waals surface area contributed by atoms with Gasteiger partial charge in [-0.3, -0.25) is 4.79 Å². The fourth-order valence-electron chi connectivity index (χ4n) is 3.12. The zero-order chi connectivity index (χ0) is 14.3. The number of nitrogens with two attached hydrogens (primary N) is 1. The molecule has 1 aliphatic carbocycles. The summed E-state index contributed by atoms with van der Waals surface area (Å²) in [5, 5.41) is 0. The molecule has 7 heteroatoms. The molecule has 1 amide bonds. The molecular weight excluding hydrogens is 284 g/mol. The summed E-state index contributed by atoms with van der Waals surface area (Å²) in [4.78, 5) is 14.7. The largest absolute Gasteiger partial charge is 0.392 e. The van der Waals surface area contributed by atoms with Crippen LogP contribution in [-0.4, -0.2) is 48.3 Å². The van der Waals surface area contributed by atoms with Crippen molar-refractivity contribution in [3.63, 3.8) is 0 Å². The normalized spacial score (nSPS) is 29.1. The number of carbonyl (C=O) groups excluding carboxylic acids is 1. The average Bonchev–Trinajstić information content (AvgIpc) is 2.77. The minimum atomic E-state index is -3.02. The Bertz CT molecular complexity index is 495. The zero-order valence-corrected chi connectivity index (χ0v) is 12.7. The van der Waals surface area contributed by atoms with Crippen LogP contribution in [0.25, 0.3) is 0 Å². The van der Waals surface area contributed by atoms with Gasteiger partial charge in [0.2, 0.25) is 5.91 Å². The summed E-state index contributed by atoms with van der Waals surface area (Å²) in [6.07, 6.45) is 3.28. The van der Waals surface area contributed by atoms with Crippen molar-refractivity contribution < 1.29 is 13.2 Å². The molecule has 0 aromatic carbocycles. The van der Waals surface area contributed by atoms with Crippen molar-refractivity contribution >= 4 is 33.0 Å². The molecule has 2 rings (SSSR count). The van der Waals surface area contributed by atoms with Gasteiger partial charge in [-0.2, -0.15) is 0 Å². The lowest BCUT2D eigenvalue weighted by Gasteiger charge is -2.39. The number of nitrogens with zero attached hydrogens (tertiary/aromatic N) is 1. The summed E-state index contributed by atoms with van der Waals surface area (Å²) < 4.78 is 23.2. The van der Waals surface area contributed by atoms with E-state index in [4.69, 9.17) is 18.0 Å². The standard InChI is InChI=1S/C12H20N2O3S2/c1-9-8-19(16,17)7-6-14(9)11(15)12(10(13)18)4-2-3-5-12/h9H,2-8H2,1H3,(H2,13,18). The van der Waals surface area contributed by atoms with Gasteiger partial charge in [-0.05, 0) is 19.8 Å². The van der Waals surface area contributed by atoms with Gasteiger partial charge >= 0.3 is 0 Å². The summed E-state index contributed by atoms with van der Waals surface area (Å²) >= 11 is 5.11. The number of carbonyl (C=O) groups is 1. The maximum atomic E-state index is 12.7. The SMILES string of the molecule is CC1CS(=O)(=O)CCN1C(=O)C1(C(N)=S)CCCC1. The molecule has 108 valence electrons. The van der Waals surface area contributed by atoms with E-state index in [1.165, 1.54) is 0 Å². The summed E-state index contributed by atoms with van der Waals surface area (Å²) in [6.45, 7) is 2.03. The van der Waals surface area contributed by atoms with Crippen LogP contribution in [-0.2, 0) is 14.6 Å². The first-order valence-corrected chi connectivity index (χ1v) is 8.83. The first-order chi connectivity index (χ1) is 8.78. The maximum Gasteiger partial charge on any atom is 0.235 e. The number of amides is 1. The van der Waals surface area contributed by atoms with Crippen LogP contribution >= 0.6 is 12.2 Å². The molecule has 0 spiro atoms. The van der Waals surface area contributed by atoms with Crippen LogP contribution in [0.5, 0.6) is 0 Å². The molecule has 0 radical (unpaired) electrons. The zero-order valence-electron chi connectivity index (χ0n) is 11.1. The number of thiocarbonyl (C=S) groups is 1. The summed E-state index contributed by atoms with van der Waals surface area (Å²) in [6, 6.07) is -0.293. The van der Waals surface area contributed by atoms with Gasteiger partial charge in [-0.15, -0.1) is 0 Å². The minimum Gasteiger partial charge on any atom is -0.392 e. The van der Waals surface area contributed by atoms with Crippen LogP contribution in [0.2, 0.25) is 0 Å². The van der Waals surface area contributed by atoms with Gasteiger partial charge in [0.25, 0.3) is 0 Å². The molecule has 1 heterocycles. The lowest BCUT2D eigenvalue weighted by molar-refractivity contribution is -0.139. The Balaban J connectivity index is 2.22. The second-order valence-electron chi connectivity index (χ2n) is 5.62. The molecule has 1 saturated carbocycles. The predicted molar refractivity (Wildman–Crippen MR) is 77.5 cm³/mol. The molecule has 0 aromatic rings. The average molecular weight is 304 g/mol. The fraction of sp³-hybridized carbons (Fsp3) is 0.833.